The summed E-state index contributed by atoms with van der Waals surface area (Å²) in [7, 11) is 1.89. The predicted molar refractivity (Wildman–Crippen MR) is 65.5 cm³/mol. The Labute approximate surface area is 105 Å². The van der Waals surface area contributed by atoms with Gasteiger partial charge in [-0.15, -0.1) is 0 Å². The summed E-state index contributed by atoms with van der Waals surface area (Å²) in [5, 5.41) is 12.9. The van der Waals surface area contributed by atoms with Crippen molar-refractivity contribution in [3.8, 4) is 11.5 Å². The topological polar surface area (TPSA) is 75.3 Å². The van der Waals surface area contributed by atoms with Crippen molar-refractivity contribution in [2.45, 2.75) is 19.5 Å². The molecule has 0 amide bonds. The predicted octanol–water partition coefficient (Wildman–Crippen LogP) is 0.944. The first-order valence-electron chi connectivity index (χ1n) is 5.76. The van der Waals surface area contributed by atoms with Gasteiger partial charge in [0.15, 0.2) is 0 Å². The van der Waals surface area contributed by atoms with Crippen LogP contribution in [0.3, 0.4) is 0 Å². The van der Waals surface area contributed by atoms with Crippen molar-refractivity contribution in [2.75, 3.05) is 13.7 Å². The molecular formula is C12H16N4O2. The van der Waals surface area contributed by atoms with Crippen molar-refractivity contribution < 1.29 is 9.63 Å². The summed E-state index contributed by atoms with van der Waals surface area (Å²) >= 11 is 0. The fourth-order valence-corrected chi connectivity index (χ4v) is 1.43. The number of aliphatic hydroxyl groups is 1. The van der Waals surface area contributed by atoms with E-state index < -0.39 is 0 Å². The van der Waals surface area contributed by atoms with Crippen LogP contribution in [0, 0.1) is 0 Å². The minimum Gasteiger partial charge on any atom is -0.395 e. The van der Waals surface area contributed by atoms with Gasteiger partial charge in [0.25, 0.3) is 0 Å². The van der Waals surface area contributed by atoms with Gasteiger partial charge in [0.2, 0.25) is 11.7 Å². The molecule has 2 aromatic rings. The van der Waals surface area contributed by atoms with Gasteiger partial charge in [-0.05, 0) is 26.1 Å². The largest absolute Gasteiger partial charge is 0.395 e. The molecule has 1 unspecified atom stereocenters. The molecule has 0 aromatic carbocycles. The Kier molecular flexibility index (Phi) is 4.01. The Morgan fingerprint density at radius 1 is 1.44 bits per heavy atom. The summed E-state index contributed by atoms with van der Waals surface area (Å²) in [4.78, 5) is 10.4. The zero-order valence-corrected chi connectivity index (χ0v) is 10.4. The van der Waals surface area contributed by atoms with Gasteiger partial charge in [0.05, 0.1) is 13.2 Å². The summed E-state index contributed by atoms with van der Waals surface area (Å²) < 4.78 is 5.16. The number of pyridine rings is 1. The van der Waals surface area contributed by atoms with Crippen molar-refractivity contribution in [3.05, 3.63) is 30.3 Å². The number of aliphatic hydroxyl groups excluding tert-OH is 1. The van der Waals surface area contributed by atoms with Crippen LogP contribution in [-0.4, -0.2) is 44.8 Å². The average Bonchev–Trinajstić information content (AvgIpc) is 2.87. The molecule has 2 rings (SSSR count). The second-order valence-corrected chi connectivity index (χ2v) is 4.17. The molecule has 0 fully saturated rings. The third-order valence-corrected chi connectivity index (χ3v) is 2.76. The highest BCUT2D eigenvalue weighted by Crippen LogP contribution is 2.13. The van der Waals surface area contributed by atoms with Crippen LogP contribution in [0.2, 0.25) is 0 Å². The second kappa shape index (κ2) is 5.70. The van der Waals surface area contributed by atoms with E-state index in [1.54, 1.807) is 6.20 Å². The zero-order valence-electron chi connectivity index (χ0n) is 10.4. The molecule has 96 valence electrons. The molecule has 18 heavy (non-hydrogen) atoms. The van der Waals surface area contributed by atoms with Crippen LogP contribution in [0.15, 0.2) is 28.9 Å². The lowest BCUT2D eigenvalue weighted by Gasteiger charge is -2.20. The summed E-state index contributed by atoms with van der Waals surface area (Å²) in [5.41, 5.74) is 0.686. The first-order valence-corrected chi connectivity index (χ1v) is 5.76. The minimum absolute atomic E-state index is 0.0511. The van der Waals surface area contributed by atoms with Crippen LogP contribution < -0.4 is 0 Å². The quantitative estimate of drug-likeness (QED) is 0.849. The molecule has 1 N–H and O–H groups in total. The number of hydrogen-bond acceptors (Lipinski definition) is 6. The van der Waals surface area contributed by atoms with Gasteiger partial charge in [-0.3, -0.25) is 9.88 Å². The zero-order chi connectivity index (χ0) is 13.0. The molecule has 0 bridgehead atoms. The molecule has 0 aliphatic heterocycles. The maximum atomic E-state index is 9.05. The van der Waals surface area contributed by atoms with Crippen LogP contribution in [-0.2, 0) is 6.54 Å². The molecule has 2 heterocycles. The highest BCUT2D eigenvalue weighted by molar-refractivity contribution is 5.46. The average molecular weight is 248 g/mol. The van der Waals surface area contributed by atoms with E-state index in [0.29, 0.717) is 24.0 Å². The summed E-state index contributed by atoms with van der Waals surface area (Å²) in [5.74, 6) is 0.995. The van der Waals surface area contributed by atoms with E-state index in [9.17, 15) is 0 Å². The molecule has 0 saturated carbocycles. The smallest absolute Gasteiger partial charge is 0.241 e. The summed E-state index contributed by atoms with van der Waals surface area (Å²) in [6.45, 7) is 2.52. The Hall–Kier alpha value is -1.79. The molecule has 2 aromatic heterocycles. The summed E-state index contributed by atoms with van der Waals surface area (Å²) in [6, 6.07) is 5.59. The fourth-order valence-electron chi connectivity index (χ4n) is 1.43. The Morgan fingerprint density at radius 2 is 2.28 bits per heavy atom. The van der Waals surface area contributed by atoms with Crippen molar-refractivity contribution in [1.82, 2.24) is 20.0 Å². The van der Waals surface area contributed by atoms with Gasteiger partial charge in [0.1, 0.15) is 5.69 Å². The van der Waals surface area contributed by atoms with E-state index >= 15 is 0 Å². The number of hydrogen-bond donors (Lipinski definition) is 1. The monoisotopic (exact) mass is 248 g/mol. The molecule has 0 saturated heterocycles. The van der Waals surface area contributed by atoms with Crippen LogP contribution in [0.5, 0.6) is 0 Å². The molecule has 1 atom stereocenters. The Bertz CT molecular complexity index is 486. The van der Waals surface area contributed by atoms with Crippen molar-refractivity contribution in [3.63, 3.8) is 0 Å². The number of likely N-dealkylation sites (N-methyl/N-ethyl adjacent to an activating group) is 1. The molecular weight excluding hydrogens is 232 g/mol. The molecule has 0 radical (unpaired) electrons. The maximum Gasteiger partial charge on any atom is 0.241 e. The van der Waals surface area contributed by atoms with Gasteiger partial charge >= 0.3 is 0 Å². The number of nitrogens with zero attached hydrogens (tertiary/aromatic N) is 4. The van der Waals surface area contributed by atoms with E-state index in [-0.39, 0.29) is 12.6 Å². The fraction of sp³-hybridized carbons (Fsp3) is 0.417. The second-order valence-electron chi connectivity index (χ2n) is 4.17. The SMILES string of the molecule is CC(CO)N(C)Cc1nc(-c2ccccn2)no1. The van der Waals surface area contributed by atoms with E-state index in [4.69, 9.17) is 9.63 Å². The van der Waals surface area contributed by atoms with Crippen molar-refractivity contribution in [2.24, 2.45) is 0 Å². The first-order chi connectivity index (χ1) is 8.70. The highest BCUT2D eigenvalue weighted by atomic mass is 16.5. The van der Waals surface area contributed by atoms with Crippen molar-refractivity contribution >= 4 is 0 Å². The van der Waals surface area contributed by atoms with E-state index in [2.05, 4.69) is 15.1 Å². The lowest BCUT2D eigenvalue weighted by atomic mass is 10.3. The first kappa shape index (κ1) is 12.7. The molecule has 0 aliphatic rings. The van der Waals surface area contributed by atoms with Crippen LogP contribution in [0.25, 0.3) is 11.5 Å². The Balaban J connectivity index is 2.07. The molecule has 6 heteroatoms. The van der Waals surface area contributed by atoms with Crippen molar-refractivity contribution in [1.29, 1.82) is 0 Å². The minimum atomic E-state index is 0.0511. The number of rotatable bonds is 5. The van der Waals surface area contributed by atoms with Crippen LogP contribution in [0.1, 0.15) is 12.8 Å². The lowest BCUT2D eigenvalue weighted by Crippen LogP contribution is -2.31. The highest BCUT2D eigenvalue weighted by Gasteiger charge is 2.14. The lowest BCUT2D eigenvalue weighted by molar-refractivity contribution is 0.142. The van der Waals surface area contributed by atoms with Gasteiger partial charge in [0, 0.05) is 12.2 Å². The third kappa shape index (κ3) is 2.91. The molecule has 0 aliphatic carbocycles. The summed E-state index contributed by atoms with van der Waals surface area (Å²) in [6.07, 6.45) is 1.69. The van der Waals surface area contributed by atoms with Gasteiger partial charge in [-0.25, -0.2) is 0 Å². The van der Waals surface area contributed by atoms with Crippen LogP contribution >= 0.6 is 0 Å². The maximum absolute atomic E-state index is 9.05. The van der Waals surface area contributed by atoms with Gasteiger partial charge in [-0.1, -0.05) is 11.2 Å². The Morgan fingerprint density at radius 3 is 2.94 bits per heavy atom. The molecule has 6 nitrogen and oxygen atoms in total. The third-order valence-electron chi connectivity index (χ3n) is 2.76. The molecule has 0 spiro atoms. The van der Waals surface area contributed by atoms with Crippen LogP contribution in [0.4, 0.5) is 0 Å². The van der Waals surface area contributed by atoms with Gasteiger partial charge < -0.3 is 9.63 Å². The van der Waals surface area contributed by atoms with E-state index in [1.165, 1.54) is 0 Å². The van der Waals surface area contributed by atoms with E-state index in [0.717, 1.165) is 0 Å². The normalized spacial score (nSPS) is 12.9. The standard InChI is InChI=1S/C12H16N4O2/c1-9(8-17)16(2)7-11-14-12(15-18-11)10-5-3-4-6-13-10/h3-6,9,17H,7-8H2,1-2H3. The van der Waals surface area contributed by atoms with E-state index in [1.807, 2.05) is 37.1 Å². The number of aromatic nitrogens is 3. The van der Waals surface area contributed by atoms with Gasteiger partial charge in [-0.2, -0.15) is 4.98 Å².